The zero-order valence-electron chi connectivity index (χ0n) is 12.3. The molecule has 1 aromatic rings. The summed E-state index contributed by atoms with van der Waals surface area (Å²) >= 11 is 14.0. The second kappa shape index (κ2) is 12.2. The maximum absolute atomic E-state index is 9.00. The number of hydrogen-bond donors (Lipinski definition) is 3. The number of carbonyl (C=O) groups is 1. The molecule has 132 valence electrons. The van der Waals surface area contributed by atoms with E-state index in [1.807, 2.05) is 4.90 Å². The van der Waals surface area contributed by atoms with Crippen LogP contribution in [0.2, 0.25) is 0 Å². The van der Waals surface area contributed by atoms with Crippen LogP contribution in [0.3, 0.4) is 0 Å². The molecule has 2 unspecified atom stereocenters. The molecule has 0 aliphatic carbocycles. The van der Waals surface area contributed by atoms with Gasteiger partial charge in [0.25, 0.3) is 5.97 Å². The summed E-state index contributed by atoms with van der Waals surface area (Å²) in [6.07, 6.45) is 0. The van der Waals surface area contributed by atoms with Crippen LogP contribution in [0.1, 0.15) is 6.92 Å². The minimum Gasteiger partial charge on any atom is -0.481 e. The van der Waals surface area contributed by atoms with Crippen LogP contribution in [0.25, 0.3) is 0 Å². The van der Waals surface area contributed by atoms with Crippen molar-refractivity contribution in [3.63, 3.8) is 0 Å². The molecular formula is C11H18Br4N6O2. The van der Waals surface area contributed by atoms with Gasteiger partial charge in [-0.25, -0.2) is 0 Å². The summed E-state index contributed by atoms with van der Waals surface area (Å²) in [6, 6.07) is 0. The second-order valence-corrected chi connectivity index (χ2v) is 8.16. The van der Waals surface area contributed by atoms with E-state index < -0.39 is 5.97 Å². The molecule has 8 nitrogen and oxygen atoms in total. The van der Waals surface area contributed by atoms with Crippen LogP contribution >= 0.6 is 63.7 Å². The van der Waals surface area contributed by atoms with Crippen LogP contribution in [0.4, 0.5) is 17.8 Å². The third-order valence-corrected chi connectivity index (χ3v) is 6.64. The molecule has 1 heterocycles. The predicted octanol–water partition coefficient (Wildman–Crippen LogP) is 2.25. The highest BCUT2D eigenvalue weighted by Crippen LogP contribution is 2.17. The number of anilines is 3. The van der Waals surface area contributed by atoms with Crippen molar-refractivity contribution in [3.8, 4) is 0 Å². The van der Waals surface area contributed by atoms with Gasteiger partial charge >= 0.3 is 0 Å². The second-order valence-electron chi connectivity index (χ2n) is 4.28. The van der Waals surface area contributed by atoms with Gasteiger partial charge in [0.2, 0.25) is 17.8 Å². The van der Waals surface area contributed by atoms with Crippen molar-refractivity contribution in [1.29, 1.82) is 0 Å². The van der Waals surface area contributed by atoms with E-state index in [0.29, 0.717) is 5.95 Å². The Morgan fingerprint density at radius 1 is 1.09 bits per heavy atom. The molecule has 12 heteroatoms. The number of aliphatic carboxylic acids is 1. The van der Waals surface area contributed by atoms with Crippen LogP contribution in [0, 0.1) is 0 Å². The summed E-state index contributed by atoms with van der Waals surface area (Å²) in [4.78, 5) is 23.6. The van der Waals surface area contributed by atoms with Crippen molar-refractivity contribution in [1.82, 2.24) is 15.0 Å². The summed E-state index contributed by atoms with van der Waals surface area (Å²) in [6.45, 7) is 2.53. The van der Waals surface area contributed by atoms with Crippen LogP contribution < -0.4 is 16.4 Å². The maximum atomic E-state index is 9.00. The Morgan fingerprint density at radius 3 is 1.74 bits per heavy atom. The molecule has 0 bridgehead atoms. The number of hydrogen-bond acceptors (Lipinski definition) is 7. The molecule has 1 aromatic heterocycles. The topological polar surface area (TPSA) is 131 Å². The van der Waals surface area contributed by atoms with Gasteiger partial charge in [0.05, 0.1) is 0 Å². The minimum absolute atomic E-state index is 0.127. The third-order valence-electron chi connectivity index (χ3n) is 2.11. The first-order valence-corrected chi connectivity index (χ1v) is 10.4. The summed E-state index contributed by atoms with van der Waals surface area (Å²) in [5.41, 5.74) is 11.2. The van der Waals surface area contributed by atoms with Gasteiger partial charge in [-0.1, -0.05) is 63.7 Å². The monoisotopic (exact) mass is 582 g/mol. The average molecular weight is 586 g/mol. The van der Waals surface area contributed by atoms with E-state index in [9.17, 15) is 0 Å². The standard InChI is InChI=1S/C9H14Br4N6.C2H4O2/c10-1-5(12)3-19(4-6(13)2-11)9-17-7(14)16-8(15)18-9;1-2(3)4/h5-6H,1-4H2,(H4,14,15,16,17,18);1H3,(H,3,4). The van der Waals surface area contributed by atoms with E-state index in [-0.39, 0.29) is 21.6 Å². The van der Waals surface area contributed by atoms with Gasteiger partial charge in [0, 0.05) is 40.3 Å². The smallest absolute Gasteiger partial charge is 0.300 e. The number of carboxylic acids is 1. The highest BCUT2D eigenvalue weighted by Gasteiger charge is 2.18. The Bertz CT molecular complexity index is 459. The molecule has 23 heavy (non-hydrogen) atoms. The van der Waals surface area contributed by atoms with Crippen molar-refractivity contribution in [2.45, 2.75) is 16.6 Å². The van der Waals surface area contributed by atoms with Crippen molar-refractivity contribution >= 4 is 87.5 Å². The number of alkyl halides is 4. The van der Waals surface area contributed by atoms with E-state index in [1.54, 1.807) is 0 Å². The first kappa shape index (κ1) is 22.8. The van der Waals surface area contributed by atoms with Crippen LogP contribution in [0.5, 0.6) is 0 Å². The molecule has 1 rings (SSSR count). The number of nitrogen functional groups attached to an aromatic ring is 2. The van der Waals surface area contributed by atoms with E-state index in [0.717, 1.165) is 30.7 Å². The first-order valence-electron chi connectivity index (χ1n) is 6.31. The zero-order chi connectivity index (χ0) is 18.0. The molecule has 0 aliphatic rings. The molecule has 0 spiro atoms. The highest BCUT2D eigenvalue weighted by molar-refractivity contribution is 9.12. The molecule has 0 aromatic carbocycles. The number of nitrogens with two attached hydrogens (primary N) is 2. The minimum atomic E-state index is -0.833. The lowest BCUT2D eigenvalue weighted by Gasteiger charge is -2.26. The lowest BCUT2D eigenvalue weighted by Crippen LogP contribution is -2.37. The normalized spacial score (nSPS) is 12.7. The average Bonchev–Trinajstić information content (AvgIpc) is 2.44. The molecule has 5 N–H and O–H groups in total. The zero-order valence-corrected chi connectivity index (χ0v) is 18.6. The fourth-order valence-electron chi connectivity index (χ4n) is 1.35. The Kier molecular flexibility index (Phi) is 12.1. The van der Waals surface area contributed by atoms with Crippen LogP contribution in [-0.2, 0) is 4.79 Å². The highest BCUT2D eigenvalue weighted by atomic mass is 79.9. The summed E-state index contributed by atoms with van der Waals surface area (Å²) < 4.78 is 0. The summed E-state index contributed by atoms with van der Waals surface area (Å²) in [5, 5.41) is 9.06. The van der Waals surface area contributed by atoms with Gasteiger partial charge in [-0.2, -0.15) is 15.0 Å². The van der Waals surface area contributed by atoms with Gasteiger partial charge in [-0.05, 0) is 0 Å². The third kappa shape index (κ3) is 11.1. The number of aromatic nitrogens is 3. The molecule has 0 saturated carbocycles. The van der Waals surface area contributed by atoms with Gasteiger partial charge in [-0.15, -0.1) is 0 Å². The molecule has 2 atom stereocenters. The fraction of sp³-hybridized carbons (Fsp3) is 0.636. The predicted molar refractivity (Wildman–Crippen MR) is 107 cm³/mol. The molecule has 0 saturated heterocycles. The Hall–Kier alpha value is -0.200. The van der Waals surface area contributed by atoms with E-state index in [4.69, 9.17) is 21.4 Å². The lowest BCUT2D eigenvalue weighted by atomic mass is 10.3. The maximum Gasteiger partial charge on any atom is 0.300 e. The molecule has 0 aliphatic heterocycles. The van der Waals surface area contributed by atoms with Crippen LogP contribution in [-0.4, -0.2) is 59.4 Å². The van der Waals surface area contributed by atoms with Crippen molar-refractivity contribution in [3.05, 3.63) is 0 Å². The molecule has 0 radical (unpaired) electrons. The van der Waals surface area contributed by atoms with E-state index in [1.165, 1.54) is 0 Å². The number of carboxylic acid groups (broad SMARTS) is 1. The van der Waals surface area contributed by atoms with Gasteiger partial charge in [0.15, 0.2) is 0 Å². The number of rotatable bonds is 7. The largest absolute Gasteiger partial charge is 0.481 e. The van der Waals surface area contributed by atoms with Crippen molar-refractivity contribution in [2.24, 2.45) is 0 Å². The summed E-state index contributed by atoms with van der Waals surface area (Å²) in [5.74, 6) is -0.0920. The summed E-state index contributed by atoms with van der Waals surface area (Å²) in [7, 11) is 0. The Morgan fingerprint density at radius 2 is 1.43 bits per heavy atom. The molecule has 0 amide bonds. The SMILES string of the molecule is CC(=O)O.Nc1nc(N)nc(N(CC(Br)CBr)CC(Br)CBr)n1. The molecule has 0 fully saturated rings. The number of nitrogens with zero attached hydrogens (tertiary/aromatic N) is 4. The van der Waals surface area contributed by atoms with Gasteiger partial charge in [-0.3, -0.25) is 4.79 Å². The quantitative estimate of drug-likeness (QED) is 0.416. The van der Waals surface area contributed by atoms with Crippen LogP contribution in [0.15, 0.2) is 0 Å². The van der Waals surface area contributed by atoms with E-state index >= 15 is 0 Å². The Balaban J connectivity index is 0.00000108. The van der Waals surface area contributed by atoms with E-state index in [2.05, 4.69) is 78.7 Å². The Labute approximate surface area is 168 Å². The first-order chi connectivity index (χ1) is 10.7. The lowest BCUT2D eigenvalue weighted by molar-refractivity contribution is -0.134. The fourth-order valence-corrected chi connectivity index (χ4v) is 2.46. The molecular weight excluding hydrogens is 568 g/mol. The van der Waals surface area contributed by atoms with Crippen molar-refractivity contribution in [2.75, 3.05) is 40.1 Å². The number of halogens is 4. The van der Waals surface area contributed by atoms with Gasteiger partial charge < -0.3 is 21.5 Å². The van der Waals surface area contributed by atoms with Crippen molar-refractivity contribution < 1.29 is 9.90 Å². The van der Waals surface area contributed by atoms with Gasteiger partial charge in [0.1, 0.15) is 0 Å².